The van der Waals surface area contributed by atoms with Crippen LogP contribution >= 0.6 is 15.9 Å². The molecule has 1 aliphatic heterocycles. The molecule has 2 aromatic rings. The van der Waals surface area contributed by atoms with E-state index in [1.54, 1.807) is 0 Å². The van der Waals surface area contributed by atoms with Crippen molar-refractivity contribution >= 4 is 38.6 Å². The van der Waals surface area contributed by atoms with Crippen molar-refractivity contribution < 1.29 is 4.74 Å². The minimum atomic E-state index is 0.307. The first kappa shape index (κ1) is 11.7. The van der Waals surface area contributed by atoms with Crippen molar-refractivity contribution in [2.75, 3.05) is 36.9 Å². The number of anilines is 2. The summed E-state index contributed by atoms with van der Waals surface area (Å²) < 4.78 is 6.35. The second kappa shape index (κ2) is 4.70. The molecule has 3 rings (SSSR count). The van der Waals surface area contributed by atoms with Gasteiger partial charge < -0.3 is 15.4 Å². The number of ether oxygens (including phenoxy) is 1. The van der Waals surface area contributed by atoms with Crippen molar-refractivity contribution in [3.05, 3.63) is 22.7 Å². The minimum Gasteiger partial charge on any atom is -0.378 e. The molecule has 0 aliphatic carbocycles. The number of nitrogen functional groups attached to an aromatic ring is 1. The molecule has 0 unspecified atom stereocenters. The van der Waals surface area contributed by atoms with Crippen LogP contribution in [0.2, 0.25) is 0 Å². The average molecular weight is 309 g/mol. The van der Waals surface area contributed by atoms with E-state index in [9.17, 15) is 0 Å². The number of hydrogen-bond acceptors (Lipinski definition) is 5. The number of morpholine rings is 1. The maximum absolute atomic E-state index is 5.79. The Bertz CT molecular complexity index is 578. The van der Waals surface area contributed by atoms with E-state index >= 15 is 0 Å². The van der Waals surface area contributed by atoms with E-state index in [4.69, 9.17) is 10.5 Å². The molecule has 0 spiro atoms. The Balaban J connectivity index is 2.14. The third kappa shape index (κ3) is 2.13. The van der Waals surface area contributed by atoms with Crippen LogP contribution in [-0.2, 0) is 4.74 Å². The van der Waals surface area contributed by atoms with Crippen molar-refractivity contribution in [3.63, 3.8) is 0 Å². The molecule has 6 heteroatoms. The standard InChI is InChI=1S/C12H13BrN4O/c13-8-1-2-9-10(7-8)15-12(14)16-11(9)17-3-5-18-6-4-17/h1-2,7H,3-6H2,(H2,14,15,16). The fourth-order valence-electron chi connectivity index (χ4n) is 2.12. The lowest BCUT2D eigenvalue weighted by Gasteiger charge is -2.28. The SMILES string of the molecule is Nc1nc(N2CCOCC2)c2ccc(Br)cc2n1. The Morgan fingerprint density at radius 2 is 2.00 bits per heavy atom. The molecule has 1 aliphatic rings. The number of hydrogen-bond donors (Lipinski definition) is 1. The molecular weight excluding hydrogens is 296 g/mol. The second-order valence-corrected chi connectivity index (χ2v) is 5.08. The quantitative estimate of drug-likeness (QED) is 0.870. The van der Waals surface area contributed by atoms with Gasteiger partial charge in [0.05, 0.1) is 18.7 Å². The maximum Gasteiger partial charge on any atom is 0.222 e. The zero-order valence-electron chi connectivity index (χ0n) is 9.77. The van der Waals surface area contributed by atoms with Gasteiger partial charge in [0, 0.05) is 22.9 Å². The highest BCUT2D eigenvalue weighted by molar-refractivity contribution is 9.10. The van der Waals surface area contributed by atoms with Crippen molar-refractivity contribution in [1.29, 1.82) is 0 Å². The average Bonchev–Trinajstić information content (AvgIpc) is 2.38. The zero-order valence-corrected chi connectivity index (χ0v) is 11.4. The fourth-order valence-corrected chi connectivity index (χ4v) is 2.47. The van der Waals surface area contributed by atoms with Crippen LogP contribution in [-0.4, -0.2) is 36.3 Å². The first-order chi connectivity index (χ1) is 8.74. The first-order valence-corrected chi connectivity index (χ1v) is 6.59. The summed E-state index contributed by atoms with van der Waals surface area (Å²) in [6.45, 7) is 3.12. The van der Waals surface area contributed by atoms with Crippen LogP contribution in [0.15, 0.2) is 22.7 Å². The lowest BCUT2D eigenvalue weighted by atomic mass is 10.2. The lowest BCUT2D eigenvalue weighted by Crippen LogP contribution is -2.37. The van der Waals surface area contributed by atoms with Gasteiger partial charge in [-0.25, -0.2) is 4.98 Å². The van der Waals surface area contributed by atoms with Crippen LogP contribution < -0.4 is 10.6 Å². The molecule has 1 fully saturated rings. The van der Waals surface area contributed by atoms with Crippen LogP contribution in [0.3, 0.4) is 0 Å². The number of rotatable bonds is 1. The predicted octanol–water partition coefficient (Wildman–Crippen LogP) is 1.81. The highest BCUT2D eigenvalue weighted by Crippen LogP contribution is 2.27. The van der Waals surface area contributed by atoms with E-state index in [1.807, 2.05) is 18.2 Å². The Morgan fingerprint density at radius 3 is 2.78 bits per heavy atom. The number of halogens is 1. The number of aromatic nitrogens is 2. The Morgan fingerprint density at radius 1 is 1.22 bits per heavy atom. The molecule has 0 saturated carbocycles. The zero-order chi connectivity index (χ0) is 12.5. The van der Waals surface area contributed by atoms with Crippen LogP contribution in [0.25, 0.3) is 10.9 Å². The Hall–Kier alpha value is -1.40. The van der Waals surface area contributed by atoms with E-state index in [0.717, 1.165) is 47.5 Å². The molecule has 0 bridgehead atoms. The third-order valence-electron chi connectivity index (χ3n) is 2.97. The highest BCUT2D eigenvalue weighted by atomic mass is 79.9. The second-order valence-electron chi connectivity index (χ2n) is 4.17. The van der Waals surface area contributed by atoms with Gasteiger partial charge in [-0.2, -0.15) is 4.98 Å². The topological polar surface area (TPSA) is 64.3 Å². The van der Waals surface area contributed by atoms with E-state index < -0.39 is 0 Å². The minimum absolute atomic E-state index is 0.307. The van der Waals surface area contributed by atoms with Gasteiger partial charge in [-0.05, 0) is 18.2 Å². The van der Waals surface area contributed by atoms with E-state index in [-0.39, 0.29) is 0 Å². The molecule has 1 aromatic carbocycles. The van der Waals surface area contributed by atoms with Gasteiger partial charge in [0.15, 0.2) is 0 Å². The van der Waals surface area contributed by atoms with Crippen molar-refractivity contribution in [2.24, 2.45) is 0 Å². The van der Waals surface area contributed by atoms with E-state index in [0.29, 0.717) is 5.95 Å². The fraction of sp³-hybridized carbons (Fsp3) is 0.333. The normalized spacial score (nSPS) is 16.2. The summed E-state index contributed by atoms with van der Waals surface area (Å²) in [6.07, 6.45) is 0. The number of nitrogens with zero attached hydrogens (tertiary/aromatic N) is 3. The monoisotopic (exact) mass is 308 g/mol. The van der Waals surface area contributed by atoms with Crippen molar-refractivity contribution in [1.82, 2.24) is 9.97 Å². The smallest absolute Gasteiger partial charge is 0.222 e. The van der Waals surface area contributed by atoms with Crippen LogP contribution in [0.1, 0.15) is 0 Å². The first-order valence-electron chi connectivity index (χ1n) is 5.79. The van der Waals surface area contributed by atoms with Crippen molar-refractivity contribution in [2.45, 2.75) is 0 Å². The highest BCUT2D eigenvalue weighted by Gasteiger charge is 2.16. The summed E-state index contributed by atoms with van der Waals surface area (Å²) in [5.41, 5.74) is 6.65. The molecule has 1 saturated heterocycles. The molecule has 0 radical (unpaired) electrons. The maximum atomic E-state index is 5.79. The lowest BCUT2D eigenvalue weighted by molar-refractivity contribution is 0.122. The van der Waals surface area contributed by atoms with Gasteiger partial charge in [0.25, 0.3) is 0 Å². The molecular formula is C12H13BrN4O. The number of benzene rings is 1. The summed E-state index contributed by atoms with van der Waals surface area (Å²) in [7, 11) is 0. The van der Waals surface area contributed by atoms with Gasteiger partial charge in [-0.15, -0.1) is 0 Å². The Labute approximate surface area is 113 Å². The molecule has 0 atom stereocenters. The summed E-state index contributed by atoms with van der Waals surface area (Å²) in [5.74, 6) is 1.20. The molecule has 0 amide bonds. The number of fused-ring (bicyclic) bond motifs is 1. The predicted molar refractivity (Wildman–Crippen MR) is 74.7 cm³/mol. The van der Waals surface area contributed by atoms with Crippen LogP contribution in [0.5, 0.6) is 0 Å². The summed E-state index contributed by atoms with van der Waals surface area (Å²) in [4.78, 5) is 10.8. The summed E-state index contributed by atoms with van der Waals surface area (Å²) in [6, 6.07) is 5.97. The van der Waals surface area contributed by atoms with E-state index in [1.165, 1.54) is 0 Å². The van der Waals surface area contributed by atoms with Gasteiger partial charge in [-0.1, -0.05) is 15.9 Å². The molecule has 2 N–H and O–H groups in total. The van der Waals surface area contributed by atoms with Crippen molar-refractivity contribution in [3.8, 4) is 0 Å². The molecule has 5 nitrogen and oxygen atoms in total. The van der Waals surface area contributed by atoms with Gasteiger partial charge in [0.2, 0.25) is 5.95 Å². The van der Waals surface area contributed by atoms with Gasteiger partial charge >= 0.3 is 0 Å². The Kier molecular flexibility index (Phi) is 3.05. The summed E-state index contributed by atoms with van der Waals surface area (Å²) >= 11 is 3.44. The largest absolute Gasteiger partial charge is 0.378 e. The third-order valence-corrected chi connectivity index (χ3v) is 3.46. The van der Waals surface area contributed by atoms with Crippen LogP contribution in [0, 0.1) is 0 Å². The molecule has 2 heterocycles. The summed E-state index contributed by atoms with van der Waals surface area (Å²) in [5, 5.41) is 1.02. The molecule has 94 valence electrons. The molecule has 1 aromatic heterocycles. The van der Waals surface area contributed by atoms with E-state index in [2.05, 4.69) is 30.8 Å². The number of nitrogens with two attached hydrogens (primary N) is 1. The van der Waals surface area contributed by atoms with Crippen LogP contribution in [0.4, 0.5) is 11.8 Å². The van der Waals surface area contributed by atoms with Gasteiger partial charge in [0.1, 0.15) is 5.82 Å². The van der Waals surface area contributed by atoms with Gasteiger partial charge in [-0.3, -0.25) is 0 Å². The molecule has 18 heavy (non-hydrogen) atoms.